The molecule has 1 amide bonds. The van der Waals surface area contributed by atoms with Gasteiger partial charge in [0.15, 0.2) is 0 Å². The smallest absolute Gasteiger partial charge is 0.248 e. The highest BCUT2D eigenvalue weighted by molar-refractivity contribution is 5.80. The first-order chi connectivity index (χ1) is 7.50. The van der Waals surface area contributed by atoms with Gasteiger partial charge in [-0.2, -0.15) is 0 Å². The largest absolute Gasteiger partial charge is 0.391 e. The number of aliphatic hydroxyl groups excluding tert-OH is 1. The minimum Gasteiger partial charge on any atom is -0.391 e. The predicted molar refractivity (Wildman–Crippen MR) is 62.0 cm³/mol. The van der Waals surface area contributed by atoms with E-state index in [-0.39, 0.29) is 11.8 Å². The molecular formula is C12H23NO3. The molecule has 0 aliphatic heterocycles. The van der Waals surface area contributed by atoms with E-state index in [2.05, 4.69) is 5.32 Å². The van der Waals surface area contributed by atoms with Gasteiger partial charge in [-0.05, 0) is 31.6 Å². The Balaban J connectivity index is 2.12. The van der Waals surface area contributed by atoms with Crippen LogP contribution in [0.25, 0.3) is 0 Å². The molecule has 0 aromatic heterocycles. The fraction of sp³-hybridized carbons (Fsp3) is 0.917. The van der Waals surface area contributed by atoms with Crippen LogP contribution in [0, 0.1) is 11.8 Å². The quantitative estimate of drug-likeness (QED) is 0.683. The Bertz CT molecular complexity index is 226. The van der Waals surface area contributed by atoms with Crippen LogP contribution in [0.15, 0.2) is 0 Å². The molecule has 2 unspecified atom stereocenters. The van der Waals surface area contributed by atoms with Crippen molar-refractivity contribution in [2.75, 3.05) is 13.2 Å². The summed E-state index contributed by atoms with van der Waals surface area (Å²) in [6.07, 6.45) is 1.54. The van der Waals surface area contributed by atoms with Crippen LogP contribution in [0.5, 0.6) is 0 Å². The van der Waals surface area contributed by atoms with Gasteiger partial charge in [0.25, 0.3) is 0 Å². The molecule has 1 aliphatic carbocycles. The summed E-state index contributed by atoms with van der Waals surface area (Å²) in [5.74, 6) is 0.680. The molecule has 4 heteroatoms. The van der Waals surface area contributed by atoms with Crippen molar-refractivity contribution in [1.82, 2.24) is 5.32 Å². The molecule has 94 valence electrons. The average molecular weight is 229 g/mol. The fourth-order valence-corrected chi connectivity index (χ4v) is 1.23. The Morgan fingerprint density at radius 1 is 1.44 bits per heavy atom. The van der Waals surface area contributed by atoms with Crippen molar-refractivity contribution in [1.29, 1.82) is 0 Å². The minimum absolute atomic E-state index is 0.139. The van der Waals surface area contributed by atoms with Crippen LogP contribution >= 0.6 is 0 Å². The van der Waals surface area contributed by atoms with Crippen LogP contribution in [-0.4, -0.2) is 36.4 Å². The van der Waals surface area contributed by atoms with Gasteiger partial charge in [0, 0.05) is 6.54 Å². The summed E-state index contributed by atoms with van der Waals surface area (Å²) in [5.41, 5.74) is 0. The number of rotatable bonds is 7. The molecule has 0 aromatic carbocycles. The van der Waals surface area contributed by atoms with Gasteiger partial charge in [0.2, 0.25) is 5.91 Å². The molecule has 0 heterocycles. The van der Waals surface area contributed by atoms with E-state index in [1.807, 2.05) is 13.8 Å². The van der Waals surface area contributed by atoms with Crippen LogP contribution < -0.4 is 5.32 Å². The van der Waals surface area contributed by atoms with Crippen LogP contribution in [0.4, 0.5) is 0 Å². The molecule has 16 heavy (non-hydrogen) atoms. The van der Waals surface area contributed by atoms with E-state index < -0.39 is 12.2 Å². The maximum absolute atomic E-state index is 11.6. The average Bonchev–Trinajstić information content (AvgIpc) is 3.05. The number of carbonyl (C=O) groups excluding carboxylic acids is 1. The standard InChI is InChI=1S/C12H23NO3/c1-8(2)11(14)6-13-12(15)9(3)16-7-10-4-5-10/h8-11,14H,4-7H2,1-3H3,(H,13,15). The number of nitrogens with one attached hydrogen (secondary N) is 1. The van der Waals surface area contributed by atoms with Gasteiger partial charge >= 0.3 is 0 Å². The van der Waals surface area contributed by atoms with Gasteiger partial charge in [-0.3, -0.25) is 4.79 Å². The third kappa shape index (κ3) is 4.94. The molecule has 0 radical (unpaired) electrons. The molecule has 1 rings (SSSR count). The number of hydrogen-bond donors (Lipinski definition) is 2. The second kappa shape index (κ2) is 6.21. The highest BCUT2D eigenvalue weighted by Crippen LogP contribution is 2.29. The zero-order valence-corrected chi connectivity index (χ0v) is 10.4. The maximum atomic E-state index is 11.6. The minimum atomic E-state index is -0.486. The molecule has 1 fully saturated rings. The van der Waals surface area contributed by atoms with E-state index in [1.54, 1.807) is 6.92 Å². The van der Waals surface area contributed by atoms with Gasteiger partial charge < -0.3 is 15.2 Å². The van der Waals surface area contributed by atoms with Crippen molar-refractivity contribution in [2.45, 2.75) is 45.8 Å². The van der Waals surface area contributed by atoms with Gasteiger partial charge in [0.05, 0.1) is 12.7 Å². The first-order valence-corrected chi connectivity index (χ1v) is 6.08. The Morgan fingerprint density at radius 2 is 2.06 bits per heavy atom. The highest BCUT2D eigenvalue weighted by Gasteiger charge is 2.24. The van der Waals surface area contributed by atoms with E-state index in [0.717, 1.165) is 0 Å². The first kappa shape index (κ1) is 13.5. The third-order valence-electron chi connectivity index (χ3n) is 2.90. The van der Waals surface area contributed by atoms with Gasteiger partial charge in [-0.25, -0.2) is 0 Å². The van der Waals surface area contributed by atoms with E-state index in [4.69, 9.17) is 4.74 Å². The zero-order valence-electron chi connectivity index (χ0n) is 10.4. The van der Waals surface area contributed by atoms with Crippen LogP contribution in [0.2, 0.25) is 0 Å². The second-order valence-corrected chi connectivity index (χ2v) is 4.98. The van der Waals surface area contributed by atoms with Crippen molar-refractivity contribution in [2.24, 2.45) is 11.8 Å². The highest BCUT2D eigenvalue weighted by atomic mass is 16.5. The van der Waals surface area contributed by atoms with Crippen LogP contribution in [0.3, 0.4) is 0 Å². The lowest BCUT2D eigenvalue weighted by Gasteiger charge is -2.17. The molecule has 0 aromatic rings. The summed E-state index contributed by atoms with van der Waals surface area (Å²) in [7, 11) is 0. The fourth-order valence-electron chi connectivity index (χ4n) is 1.23. The normalized spacial score (nSPS) is 19.6. The zero-order chi connectivity index (χ0) is 12.1. The van der Waals surface area contributed by atoms with Crippen molar-refractivity contribution in [3.8, 4) is 0 Å². The number of aliphatic hydroxyl groups is 1. The second-order valence-electron chi connectivity index (χ2n) is 4.98. The number of amides is 1. The SMILES string of the molecule is CC(OCC1CC1)C(=O)NCC(O)C(C)C. The molecule has 0 saturated heterocycles. The maximum Gasteiger partial charge on any atom is 0.248 e. The predicted octanol–water partition coefficient (Wildman–Crippen LogP) is 0.935. The molecule has 2 atom stereocenters. The monoisotopic (exact) mass is 229 g/mol. The Morgan fingerprint density at radius 3 is 2.56 bits per heavy atom. The van der Waals surface area contributed by atoms with Gasteiger partial charge in [-0.1, -0.05) is 13.8 Å². The molecule has 1 saturated carbocycles. The number of ether oxygens (including phenoxy) is 1. The van der Waals surface area contributed by atoms with Gasteiger partial charge in [-0.15, -0.1) is 0 Å². The van der Waals surface area contributed by atoms with Crippen molar-refractivity contribution >= 4 is 5.91 Å². The molecular weight excluding hydrogens is 206 g/mol. The van der Waals surface area contributed by atoms with Crippen molar-refractivity contribution in [3.63, 3.8) is 0 Å². The van der Waals surface area contributed by atoms with E-state index in [0.29, 0.717) is 19.1 Å². The van der Waals surface area contributed by atoms with Gasteiger partial charge in [0.1, 0.15) is 6.10 Å². The van der Waals surface area contributed by atoms with Crippen molar-refractivity contribution in [3.05, 3.63) is 0 Å². The van der Waals surface area contributed by atoms with E-state index >= 15 is 0 Å². The van der Waals surface area contributed by atoms with Crippen molar-refractivity contribution < 1.29 is 14.6 Å². The molecule has 0 spiro atoms. The molecule has 0 bridgehead atoms. The Kier molecular flexibility index (Phi) is 5.22. The molecule has 4 nitrogen and oxygen atoms in total. The lowest BCUT2D eigenvalue weighted by Crippen LogP contribution is -2.40. The lowest BCUT2D eigenvalue weighted by molar-refractivity contribution is -0.132. The molecule has 1 aliphatic rings. The van der Waals surface area contributed by atoms with E-state index in [1.165, 1.54) is 12.8 Å². The summed E-state index contributed by atoms with van der Waals surface area (Å²) in [4.78, 5) is 11.6. The molecule has 2 N–H and O–H groups in total. The summed E-state index contributed by atoms with van der Waals surface area (Å²) < 4.78 is 5.43. The lowest BCUT2D eigenvalue weighted by atomic mass is 10.1. The number of carbonyl (C=O) groups is 1. The summed E-state index contributed by atoms with van der Waals surface area (Å²) in [5, 5.41) is 12.2. The number of hydrogen-bond acceptors (Lipinski definition) is 3. The summed E-state index contributed by atoms with van der Waals surface area (Å²) in [6.45, 7) is 6.57. The van der Waals surface area contributed by atoms with Crippen LogP contribution in [0.1, 0.15) is 33.6 Å². The topological polar surface area (TPSA) is 58.6 Å². The van der Waals surface area contributed by atoms with E-state index in [9.17, 15) is 9.90 Å². The Labute approximate surface area is 97.4 Å². The summed E-state index contributed by atoms with van der Waals surface area (Å²) in [6, 6.07) is 0. The first-order valence-electron chi connectivity index (χ1n) is 6.08. The summed E-state index contributed by atoms with van der Waals surface area (Å²) >= 11 is 0. The Hall–Kier alpha value is -0.610. The van der Waals surface area contributed by atoms with Crippen LogP contribution in [-0.2, 0) is 9.53 Å². The third-order valence-corrected chi connectivity index (χ3v) is 2.90.